The minimum Gasteiger partial charge on any atom is -0.378 e. The van der Waals surface area contributed by atoms with Crippen LogP contribution in [-0.4, -0.2) is 35.0 Å². The van der Waals surface area contributed by atoms with Crippen LogP contribution in [0.25, 0.3) is 5.69 Å². The van der Waals surface area contributed by atoms with Crippen LogP contribution in [0.5, 0.6) is 0 Å². The van der Waals surface area contributed by atoms with Gasteiger partial charge in [0, 0.05) is 25.5 Å². The molecular formula is C19H20N4OS3. The third-order valence-corrected chi connectivity index (χ3v) is 6.24. The van der Waals surface area contributed by atoms with Crippen molar-refractivity contribution < 1.29 is 4.79 Å². The Morgan fingerprint density at radius 1 is 1.19 bits per heavy atom. The van der Waals surface area contributed by atoms with Gasteiger partial charge in [-0.25, -0.2) is 4.68 Å². The highest BCUT2D eigenvalue weighted by atomic mass is 32.2. The molecule has 8 heteroatoms. The van der Waals surface area contributed by atoms with Crippen molar-refractivity contribution in [3.63, 3.8) is 0 Å². The number of benzene rings is 2. The second-order valence-corrected chi connectivity index (χ2v) is 9.28. The number of aromatic nitrogens is 2. The third-order valence-electron chi connectivity index (χ3n) is 3.83. The fourth-order valence-electron chi connectivity index (χ4n) is 2.33. The van der Waals surface area contributed by atoms with Gasteiger partial charge in [-0.15, -0.1) is 5.10 Å². The Hall–Kier alpha value is -2.16. The van der Waals surface area contributed by atoms with Crippen LogP contribution in [0.15, 0.2) is 58.9 Å². The van der Waals surface area contributed by atoms with Gasteiger partial charge in [0.15, 0.2) is 8.29 Å². The molecule has 27 heavy (non-hydrogen) atoms. The lowest BCUT2D eigenvalue weighted by atomic mass is 10.2. The normalized spacial score (nSPS) is 11.8. The lowest BCUT2D eigenvalue weighted by molar-refractivity contribution is -0.115. The predicted octanol–water partition coefficient (Wildman–Crippen LogP) is 4.85. The van der Waals surface area contributed by atoms with Crippen molar-refractivity contribution in [2.24, 2.45) is 0 Å². The van der Waals surface area contributed by atoms with Crippen molar-refractivity contribution in [3.05, 3.63) is 58.6 Å². The van der Waals surface area contributed by atoms with E-state index in [2.05, 4.69) is 10.4 Å². The summed E-state index contributed by atoms with van der Waals surface area (Å²) in [6, 6.07) is 17.5. The molecule has 5 nitrogen and oxygen atoms in total. The Bertz CT molecular complexity index is 965. The average Bonchev–Trinajstić information content (AvgIpc) is 3.03. The van der Waals surface area contributed by atoms with Crippen molar-refractivity contribution in [3.8, 4) is 5.69 Å². The molecule has 0 aliphatic heterocycles. The molecule has 0 radical (unpaired) electrons. The zero-order valence-electron chi connectivity index (χ0n) is 15.2. The largest absolute Gasteiger partial charge is 0.378 e. The van der Waals surface area contributed by atoms with Crippen molar-refractivity contribution in [1.29, 1.82) is 0 Å². The van der Waals surface area contributed by atoms with Gasteiger partial charge < -0.3 is 10.2 Å². The molecule has 140 valence electrons. The van der Waals surface area contributed by atoms with Crippen LogP contribution in [0.3, 0.4) is 0 Å². The molecule has 0 aliphatic carbocycles. The molecule has 1 amide bonds. The summed E-state index contributed by atoms with van der Waals surface area (Å²) in [5, 5.41) is 7.21. The number of amides is 1. The van der Waals surface area contributed by atoms with Gasteiger partial charge in [-0.1, -0.05) is 41.3 Å². The topological polar surface area (TPSA) is 50.2 Å². The maximum atomic E-state index is 12.5. The molecule has 1 N–H and O–H groups in total. The number of para-hydroxylation sites is 1. The highest BCUT2D eigenvalue weighted by Gasteiger charge is 2.17. The van der Waals surface area contributed by atoms with Gasteiger partial charge in [0.25, 0.3) is 0 Å². The average molecular weight is 417 g/mol. The van der Waals surface area contributed by atoms with Crippen molar-refractivity contribution >= 4 is 52.6 Å². The van der Waals surface area contributed by atoms with E-state index in [1.165, 1.54) is 23.1 Å². The van der Waals surface area contributed by atoms with Crippen molar-refractivity contribution in [1.82, 2.24) is 9.78 Å². The number of carbonyl (C=O) groups is 1. The Morgan fingerprint density at radius 3 is 2.48 bits per heavy atom. The van der Waals surface area contributed by atoms with Gasteiger partial charge in [0.05, 0.1) is 10.9 Å². The third kappa shape index (κ3) is 4.97. The molecule has 0 spiro atoms. The molecule has 1 aromatic heterocycles. The van der Waals surface area contributed by atoms with Gasteiger partial charge in [-0.05, 0) is 55.5 Å². The highest BCUT2D eigenvalue weighted by Crippen LogP contribution is 2.28. The summed E-state index contributed by atoms with van der Waals surface area (Å²) in [4.78, 5) is 14.5. The SMILES string of the molecule is CC(Sc1nn(-c2ccccc2)c(=S)s1)C(=O)Nc1ccc(N(C)C)cc1. The van der Waals surface area contributed by atoms with Crippen LogP contribution in [0.4, 0.5) is 11.4 Å². The molecule has 0 aliphatic rings. The minimum absolute atomic E-state index is 0.0648. The molecule has 2 aromatic carbocycles. The molecule has 0 fully saturated rings. The van der Waals surface area contributed by atoms with Gasteiger partial charge in [-0.3, -0.25) is 4.79 Å². The fourth-order valence-corrected chi connectivity index (χ4v) is 4.84. The lowest BCUT2D eigenvalue weighted by Crippen LogP contribution is -2.22. The number of rotatable bonds is 6. The van der Waals surface area contributed by atoms with Crippen molar-refractivity contribution in [2.75, 3.05) is 24.3 Å². The number of hydrogen-bond acceptors (Lipinski definition) is 6. The predicted molar refractivity (Wildman–Crippen MR) is 117 cm³/mol. The number of anilines is 2. The zero-order chi connectivity index (χ0) is 19.4. The molecule has 0 bridgehead atoms. The molecule has 1 unspecified atom stereocenters. The molecule has 3 rings (SSSR count). The van der Waals surface area contributed by atoms with Gasteiger partial charge in [-0.2, -0.15) is 0 Å². The summed E-state index contributed by atoms with van der Waals surface area (Å²) >= 11 is 8.23. The zero-order valence-corrected chi connectivity index (χ0v) is 17.7. The summed E-state index contributed by atoms with van der Waals surface area (Å²) in [6.45, 7) is 1.87. The number of nitrogens with one attached hydrogen (secondary N) is 1. The molecule has 0 saturated heterocycles. The van der Waals surface area contributed by atoms with Crippen LogP contribution < -0.4 is 10.2 Å². The van der Waals surface area contributed by atoms with E-state index in [4.69, 9.17) is 12.2 Å². The maximum absolute atomic E-state index is 12.5. The van der Waals surface area contributed by atoms with Crippen LogP contribution in [0.2, 0.25) is 0 Å². The summed E-state index contributed by atoms with van der Waals surface area (Å²) in [5.41, 5.74) is 2.78. The number of thioether (sulfide) groups is 1. The summed E-state index contributed by atoms with van der Waals surface area (Å²) in [7, 11) is 3.96. The van der Waals surface area contributed by atoms with Gasteiger partial charge >= 0.3 is 0 Å². The van der Waals surface area contributed by atoms with E-state index in [1.807, 2.05) is 80.5 Å². The number of hydrogen-bond donors (Lipinski definition) is 1. The second kappa shape index (κ2) is 8.69. The van der Waals surface area contributed by atoms with Crippen LogP contribution in [0, 0.1) is 3.95 Å². The molecular weight excluding hydrogens is 396 g/mol. The quantitative estimate of drug-likeness (QED) is 0.460. The smallest absolute Gasteiger partial charge is 0.237 e. The lowest BCUT2D eigenvalue weighted by Gasteiger charge is -2.14. The van der Waals surface area contributed by atoms with Gasteiger partial charge in [0.2, 0.25) is 5.91 Å². The first-order chi connectivity index (χ1) is 12.9. The Kier molecular flexibility index (Phi) is 6.30. The highest BCUT2D eigenvalue weighted by molar-refractivity contribution is 8.02. The van der Waals surface area contributed by atoms with Crippen LogP contribution >= 0.6 is 35.3 Å². The fraction of sp³-hybridized carbons (Fsp3) is 0.211. The van der Waals surface area contributed by atoms with Crippen molar-refractivity contribution in [2.45, 2.75) is 16.5 Å². The van der Waals surface area contributed by atoms with Gasteiger partial charge in [0.1, 0.15) is 0 Å². The second-order valence-electron chi connectivity index (χ2n) is 6.07. The summed E-state index contributed by atoms with van der Waals surface area (Å²) in [5.74, 6) is -0.0648. The maximum Gasteiger partial charge on any atom is 0.237 e. The molecule has 0 saturated carbocycles. The first kappa shape index (κ1) is 19.6. The van der Waals surface area contributed by atoms with E-state index in [-0.39, 0.29) is 11.2 Å². The first-order valence-corrected chi connectivity index (χ1v) is 10.4. The number of nitrogens with zero attached hydrogens (tertiary/aromatic N) is 3. The first-order valence-electron chi connectivity index (χ1n) is 8.34. The minimum atomic E-state index is -0.289. The van der Waals surface area contributed by atoms with E-state index >= 15 is 0 Å². The van der Waals surface area contributed by atoms with E-state index < -0.39 is 0 Å². The summed E-state index contributed by atoms with van der Waals surface area (Å²) in [6.07, 6.45) is 0. The Morgan fingerprint density at radius 2 is 1.85 bits per heavy atom. The monoisotopic (exact) mass is 416 g/mol. The van der Waals surface area contributed by atoms with Crippen LogP contribution in [-0.2, 0) is 4.79 Å². The van der Waals surface area contributed by atoms with Crippen LogP contribution in [0.1, 0.15) is 6.92 Å². The van der Waals surface area contributed by atoms with E-state index in [0.29, 0.717) is 3.95 Å². The van der Waals surface area contributed by atoms with E-state index in [0.717, 1.165) is 21.4 Å². The van der Waals surface area contributed by atoms with E-state index in [9.17, 15) is 4.79 Å². The van der Waals surface area contributed by atoms with E-state index in [1.54, 1.807) is 4.68 Å². The molecule has 1 heterocycles. The Balaban J connectivity index is 1.65. The molecule has 1 atom stereocenters. The Labute approximate surface area is 172 Å². The number of carbonyl (C=O) groups excluding carboxylic acids is 1. The molecule has 3 aromatic rings. The standard InChI is InChI=1S/C19H20N4OS3/c1-13(17(24)20-14-9-11-15(12-10-14)22(2)3)26-18-21-23(19(25)27-18)16-7-5-4-6-8-16/h4-13H,1-3H3,(H,20,24). The summed E-state index contributed by atoms with van der Waals surface area (Å²) < 4.78 is 3.16.